The van der Waals surface area contributed by atoms with Crippen LogP contribution in [0.3, 0.4) is 0 Å². The second-order valence-electron chi connectivity index (χ2n) is 8.09. The molecule has 0 spiro atoms. The van der Waals surface area contributed by atoms with Crippen molar-refractivity contribution in [3.8, 4) is 0 Å². The first-order valence-electron chi connectivity index (χ1n) is 10.8. The Kier molecular flexibility index (Phi) is 6.65. The Hall–Kier alpha value is -3.46. The molecule has 0 unspecified atom stereocenters. The molecule has 9 nitrogen and oxygen atoms in total. The molecule has 0 aliphatic carbocycles. The van der Waals surface area contributed by atoms with E-state index in [4.69, 9.17) is 0 Å². The second kappa shape index (κ2) is 9.78. The van der Waals surface area contributed by atoms with Crippen LogP contribution in [0.1, 0.15) is 6.42 Å². The van der Waals surface area contributed by atoms with Crippen LogP contribution in [0.5, 0.6) is 0 Å². The first-order valence-corrected chi connectivity index (χ1v) is 10.8. The number of carbonyl (C=O) groups is 4. The maximum Gasteiger partial charge on any atom is 0.243 e. The van der Waals surface area contributed by atoms with Crippen LogP contribution in [0.4, 0.5) is 5.69 Å². The summed E-state index contributed by atoms with van der Waals surface area (Å²) in [6.07, 6.45) is 0.707. The molecular formula is C23H27N5O4. The fourth-order valence-corrected chi connectivity index (χ4v) is 4.24. The molecule has 9 heteroatoms. The van der Waals surface area contributed by atoms with Crippen LogP contribution in [-0.2, 0) is 19.2 Å². The van der Waals surface area contributed by atoms with Gasteiger partial charge in [-0.05, 0) is 11.5 Å². The number of hydrogen-bond acceptors (Lipinski definition) is 5. The van der Waals surface area contributed by atoms with Crippen LogP contribution in [0.25, 0.3) is 10.8 Å². The predicted octanol–water partition coefficient (Wildman–Crippen LogP) is 0.269. The van der Waals surface area contributed by atoms with Gasteiger partial charge in [-0.2, -0.15) is 0 Å². The van der Waals surface area contributed by atoms with Crippen molar-refractivity contribution in [2.45, 2.75) is 12.5 Å². The minimum atomic E-state index is -0.845. The molecule has 2 heterocycles. The lowest BCUT2D eigenvalue weighted by Crippen LogP contribution is -2.60. The average molecular weight is 438 g/mol. The van der Waals surface area contributed by atoms with Gasteiger partial charge in [0.2, 0.25) is 24.1 Å². The molecule has 2 saturated heterocycles. The summed E-state index contributed by atoms with van der Waals surface area (Å²) in [6, 6.07) is 12.5. The molecule has 1 atom stereocenters. The first-order chi connectivity index (χ1) is 15.5. The Morgan fingerprint density at radius 2 is 1.78 bits per heavy atom. The zero-order valence-corrected chi connectivity index (χ0v) is 17.8. The summed E-state index contributed by atoms with van der Waals surface area (Å²) in [5.41, 5.74) is 0.676. The number of benzene rings is 2. The lowest BCUT2D eigenvalue weighted by atomic mass is 10.1. The molecule has 4 rings (SSSR count). The van der Waals surface area contributed by atoms with E-state index in [-0.39, 0.29) is 30.7 Å². The van der Waals surface area contributed by atoms with Crippen LogP contribution >= 0.6 is 0 Å². The predicted molar refractivity (Wildman–Crippen MR) is 120 cm³/mol. The molecule has 2 aromatic rings. The van der Waals surface area contributed by atoms with Crippen molar-refractivity contribution < 1.29 is 19.2 Å². The summed E-state index contributed by atoms with van der Waals surface area (Å²) >= 11 is 0. The summed E-state index contributed by atoms with van der Waals surface area (Å²) < 4.78 is 0. The van der Waals surface area contributed by atoms with E-state index in [1.54, 1.807) is 4.90 Å². The van der Waals surface area contributed by atoms with Crippen molar-refractivity contribution in [1.82, 2.24) is 20.0 Å². The fraction of sp³-hybridized carbons (Fsp3) is 0.391. The van der Waals surface area contributed by atoms with Gasteiger partial charge >= 0.3 is 0 Å². The quantitative estimate of drug-likeness (QED) is 0.632. The molecule has 2 N–H and O–H groups in total. The number of fused-ring (bicyclic) bond motifs is 1. The Labute approximate surface area is 186 Å². The summed E-state index contributed by atoms with van der Waals surface area (Å²) in [5, 5.41) is 7.58. The van der Waals surface area contributed by atoms with Gasteiger partial charge in [-0.3, -0.25) is 24.1 Å². The molecule has 168 valence electrons. The largest absolute Gasteiger partial charge is 0.353 e. The molecule has 32 heavy (non-hydrogen) atoms. The van der Waals surface area contributed by atoms with Crippen molar-refractivity contribution in [3.63, 3.8) is 0 Å². The Morgan fingerprint density at radius 1 is 1.03 bits per heavy atom. The smallest absolute Gasteiger partial charge is 0.243 e. The molecule has 2 aromatic carbocycles. The van der Waals surface area contributed by atoms with E-state index in [0.29, 0.717) is 45.0 Å². The summed E-state index contributed by atoms with van der Waals surface area (Å²) in [7, 11) is 0. The van der Waals surface area contributed by atoms with Gasteiger partial charge in [0.1, 0.15) is 6.04 Å². The monoisotopic (exact) mass is 437 g/mol. The molecule has 0 saturated carbocycles. The highest BCUT2D eigenvalue weighted by Gasteiger charge is 2.35. The first kappa shape index (κ1) is 21.8. The molecule has 0 bridgehead atoms. The van der Waals surface area contributed by atoms with E-state index in [2.05, 4.69) is 10.6 Å². The lowest BCUT2D eigenvalue weighted by molar-refractivity contribution is -0.145. The topological polar surface area (TPSA) is 102 Å². The molecule has 2 fully saturated rings. The molecule has 0 aromatic heterocycles. The minimum absolute atomic E-state index is 0.111. The van der Waals surface area contributed by atoms with Gasteiger partial charge in [-0.15, -0.1) is 0 Å². The number of piperazine rings is 2. The van der Waals surface area contributed by atoms with E-state index in [9.17, 15) is 19.2 Å². The highest BCUT2D eigenvalue weighted by Crippen LogP contribution is 2.23. The van der Waals surface area contributed by atoms with Gasteiger partial charge in [0.15, 0.2) is 0 Å². The van der Waals surface area contributed by atoms with Gasteiger partial charge in [0.25, 0.3) is 0 Å². The standard InChI is InChI=1S/C23H27N5O4/c29-16-27-12-10-26(11-13-27)15-22(31)28-9-8-24-23(32)20(28)14-21(30)25-19-7-3-5-17-4-1-2-6-18(17)19/h1-7,16,20H,8-15H2,(H,24,32)(H,25,30)/t20-/m1/s1. The molecule has 0 radical (unpaired) electrons. The molecule has 2 aliphatic rings. The molecule has 2 aliphatic heterocycles. The second-order valence-corrected chi connectivity index (χ2v) is 8.09. The van der Waals surface area contributed by atoms with Crippen LogP contribution in [0.15, 0.2) is 42.5 Å². The summed E-state index contributed by atoms with van der Waals surface area (Å²) in [6.45, 7) is 3.27. The SMILES string of the molecule is O=CN1CCN(CC(=O)N2CCNC(=O)[C@H]2CC(=O)Nc2cccc3ccccc23)CC1. The highest BCUT2D eigenvalue weighted by molar-refractivity contribution is 6.04. The fourth-order valence-electron chi connectivity index (χ4n) is 4.24. The van der Waals surface area contributed by atoms with E-state index in [1.807, 2.05) is 47.4 Å². The van der Waals surface area contributed by atoms with Gasteiger partial charge < -0.3 is 20.4 Å². The van der Waals surface area contributed by atoms with Gasteiger partial charge in [-0.1, -0.05) is 36.4 Å². The minimum Gasteiger partial charge on any atom is -0.353 e. The van der Waals surface area contributed by atoms with E-state index < -0.39 is 6.04 Å². The van der Waals surface area contributed by atoms with Crippen molar-refractivity contribution in [2.75, 3.05) is 51.1 Å². The average Bonchev–Trinajstić information content (AvgIpc) is 2.81. The zero-order chi connectivity index (χ0) is 22.5. The number of hydrogen-bond donors (Lipinski definition) is 2. The number of anilines is 1. The van der Waals surface area contributed by atoms with Crippen LogP contribution < -0.4 is 10.6 Å². The number of nitrogens with one attached hydrogen (secondary N) is 2. The van der Waals surface area contributed by atoms with Crippen LogP contribution in [0.2, 0.25) is 0 Å². The number of carbonyl (C=O) groups excluding carboxylic acids is 4. The summed E-state index contributed by atoms with van der Waals surface area (Å²) in [4.78, 5) is 54.4. The Balaban J connectivity index is 1.41. The Morgan fingerprint density at radius 3 is 2.56 bits per heavy atom. The van der Waals surface area contributed by atoms with E-state index >= 15 is 0 Å². The third-order valence-electron chi connectivity index (χ3n) is 6.01. The van der Waals surface area contributed by atoms with Crippen LogP contribution in [-0.4, -0.2) is 90.7 Å². The van der Waals surface area contributed by atoms with Crippen molar-refractivity contribution in [3.05, 3.63) is 42.5 Å². The van der Waals surface area contributed by atoms with Gasteiger partial charge in [0, 0.05) is 50.3 Å². The van der Waals surface area contributed by atoms with Gasteiger partial charge in [-0.25, -0.2) is 0 Å². The van der Waals surface area contributed by atoms with E-state index in [1.165, 1.54) is 4.90 Å². The third-order valence-corrected chi connectivity index (χ3v) is 6.01. The van der Waals surface area contributed by atoms with Crippen molar-refractivity contribution in [1.29, 1.82) is 0 Å². The summed E-state index contributed by atoms with van der Waals surface area (Å²) in [5.74, 6) is -0.813. The number of rotatable bonds is 6. The van der Waals surface area contributed by atoms with Crippen molar-refractivity contribution in [2.24, 2.45) is 0 Å². The zero-order valence-electron chi connectivity index (χ0n) is 17.8. The maximum absolute atomic E-state index is 13.0. The number of nitrogens with zero attached hydrogens (tertiary/aromatic N) is 3. The molecular weight excluding hydrogens is 410 g/mol. The Bertz CT molecular complexity index is 1010. The van der Waals surface area contributed by atoms with E-state index in [0.717, 1.165) is 17.2 Å². The maximum atomic E-state index is 13.0. The van der Waals surface area contributed by atoms with Gasteiger partial charge in [0.05, 0.1) is 13.0 Å². The normalized spacial score (nSPS) is 19.5. The van der Waals surface area contributed by atoms with Crippen LogP contribution in [0, 0.1) is 0 Å². The third kappa shape index (κ3) is 4.88. The lowest BCUT2D eigenvalue weighted by Gasteiger charge is -2.37. The number of amides is 4. The highest BCUT2D eigenvalue weighted by atomic mass is 16.2. The van der Waals surface area contributed by atoms with Crippen molar-refractivity contribution >= 4 is 40.6 Å². The molecule has 4 amide bonds.